The Bertz CT molecular complexity index is 319. The van der Waals surface area contributed by atoms with Crippen molar-refractivity contribution in [2.75, 3.05) is 33.2 Å². The first kappa shape index (κ1) is 15.8. The molecule has 3 atom stereocenters. The Hall–Kier alpha value is -0.610. The Morgan fingerprint density at radius 3 is 2.80 bits per heavy atom. The van der Waals surface area contributed by atoms with E-state index in [-0.39, 0.29) is 5.92 Å². The summed E-state index contributed by atoms with van der Waals surface area (Å²) in [6, 6.07) is 0.352. The van der Waals surface area contributed by atoms with E-state index < -0.39 is 0 Å². The summed E-state index contributed by atoms with van der Waals surface area (Å²) in [5.41, 5.74) is 5.68. The zero-order valence-electron chi connectivity index (χ0n) is 13.2. The van der Waals surface area contributed by atoms with Crippen LogP contribution in [0, 0.1) is 11.8 Å². The van der Waals surface area contributed by atoms with Gasteiger partial charge in [0.25, 0.3) is 0 Å². The Kier molecular flexibility index (Phi) is 5.85. The molecule has 2 rings (SSSR count). The van der Waals surface area contributed by atoms with E-state index in [1.54, 1.807) is 0 Å². The molecule has 20 heavy (non-hydrogen) atoms. The van der Waals surface area contributed by atoms with Gasteiger partial charge < -0.3 is 15.5 Å². The van der Waals surface area contributed by atoms with Gasteiger partial charge in [0.05, 0.1) is 0 Å². The summed E-state index contributed by atoms with van der Waals surface area (Å²) in [4.78, 5) is 17.3. The van der Waals surface area contributed by atoms with Crippen LogP contribution in [0.3, 0.4) is 0 Å². The van der Waals surface area contributed by atoms with E-state index in [4.69, 9.17) is 5.73 Å². The standard InChI is InChI=1S/C16H31N3O/c1-13-12-18(2)9-4-10-19(13)16(20)15-6-3-5-14(11-15)7-8-17/h13-15H,3-12,17H2,1-2H3. The maximum absolute atomic E-state index is 12.8. The second-order valence-electron chi connectivity index (χ2n) is 6.80. The van der Waals surface area contributed by atoms with Crippen molar-refractivity contribution in [1.29, 1.82) is 0 Å². The number of nitrogens with two attached hydrogens (primary N) is 1. The lowest BCUT2D eigenvalue weighted by Gasteiger charge is -2.35. The van der Waals surface area contributed by atoms with Crippen molar-refractivity contribution in [2.45, 2.75) is 51.5 Å². The van der Waals surface area contributed by atoms with Gasteiger partial charge in [-0.2, -0.15) is 0 Å². The van der Waals surface area contributed by atoms with Crippen LogP contribution in [0.25, 0.3) is 0 Å². The zero-order chi connectivity index (χ0) is 14.5. The van der Waals surface area contributed by atoms with E-state index in [1.165, 1.54) is 12.8 Å². The Labute approximate surface area is 123 Å². The quantitative estimate of drug-likeness (QED) is 0.856. The van der Waals surface area contributed by atoms with Gasteiger partial charge in [-0.1, -0.05) is 12.8 Å². The van der Waals surface area contributed by atoms with E-state index in [1.807, 2.05) is 0 Å². The van der Waals surface area contributed by atoms with Gasteiger partial charge in [-0.25, -0.2) is 0 Å². The molecule has 0 spiro atoms. The normalized spacial score (nSPS) is 33.0. The van der Waals surface area contributed by atoms with Gasteiger partial charge in [0.15, 0.2) is 0 Å². The van der Waals surface area contributed by atoms with Crippen LogP contribution in [0.1, 0.15) is 45.4 Å². The molecule has 1 aliphatic carbocycles. The van der Waals surface area contributed by atoms with Gasteiger partial charge in [-0.05, 0) is 58.7 Å². The number of likely N-dealkylation sites (N-methyl/N-ethyl adjacent to an activating group) is 1. The maximum Gasteiger partial charge on any atom is 0.225 e. The lowest BCUT2D eigenvalue weighted by atomic mass is 9.79. The van der Waals surface area contributed by atoms with Crippen LogP contribution >= 0.6 is 0 Å². The summed E-state index contributed by atoms with van der Waals surface area (Å²) in [6.07, 6.45) is 6.80. The van der Waals surface area contributed by atoms with Crippen LogP contribution in [0.15, 0.2) is 0 Å². The molecule has 1 saturated carbocycles. The number of hydrogen-bond acceptors (Lipinski definition) is 3. The summed E-state index contributed by atoms with van der Waals surface area (Å²) >= 11 is 0. The molecule has 0 aromatic carbocycles. The average Bonchev–Trinajstić information content (AvgIpc) is 2.59. The largest absolute Gasteiger partial charge is 0.338 e. The predicted octanol–water partition coefficient (Wildman–Crippen LogP) is 1.69. The van der Waals surface area contributed by atoms with Crippen molar-refractivity contribution in [3.05, 3.63) is 0 Å². The highest BCUT2D eigenvalue weighted by Gasteiger charge is 2.32. The van der Waals surface area contributed by atoms with Gasteiger partial charge in [0.1, 0.15) is 0 Å². The molecule has 3 unspecified atom stereocenters. The number of carbonyl (C=O) groups excluding carboxylic acids is 1. The molecule has 2 aliphatic rings. The van der Waals surface area contributed by atoms with Gasteiger partial charge in [-0.3, -0.25) is 4.79 Å². The molecule has 1 amide bonds. The number of nitrogens with zero attached hydrogens (tertiary/aromatic N) is 2. The molecule has 4 heteroatoms. The Morgan fingerprint density at radius 1 is 1.25 bits per heavy atom. The second-order valence-corrected chi connectivity index (χ2v) is 6.80. The van der Waals surface area contributed by atoms with Gasteiger partial charge in [-0.15, -0.1) is 0 Å². The topological polar surface area (TPSA) is 49.6 Å². The number of hydrogen-bond donors (Lipinski definition) is 1. The average molecular weight is 281 g/mol. The third-order valence-electron chi connectivity index (χ3n) is 5.04. The highest BCUT2D eigenvalue weighted by Crippen LogP contribution is 2.32. The van der Waals surface area contributed by atoms with Crippen LogP contribution in [0.5, 0.6) is 0 Å². The van der Waals surface area contributed by atoms with Crippen LogP contribution in [-0.2, 0) is 4.79 Å². The molecular formula is C16H31N3O. The van der Waals surface area contributed by atoms with E-state index in [0.717, 1.165) is 51.9 Å². The summed E-state index contributed by atoms with van der Waals surface area (Å²) in [7, 11) is 2.16. The molecule has 1 saturated heterocycles. The van der Waals surface area contributed by atoms with Gasteiger partial charge in [0, 0.05) is 25.0 Å². The molecule has 1 aliphatic heterocycles. The van der Waals surface area contributed by atoms with E-state index in [0.29, 0.717) is 17.9 Å². The fourth-order valence-electron chi connectivity index (χ4n) is 3.95. The highest BCUT2D eigenvalue weighted by atomic mass is 16.2. The molecule has 4 nitrogen and oxygen atoms in total. The summed E-state index contributed by atoms with van der Waals surface area (Å²) in [5, 5.41) is 0. The summed E-state index contributed by atoms with van der Waals surface area (Å²) < 4.78 is 0. The molecular weight excluding hydrogens is 250 g/mol. The fraction of sp³-hybridized carbons (Fsp3) is 0.938. The third-order valence-corrected chi connectivity index (χ3v) is 5.04. The molecule has 1 heterocycles. The smallest absolute Gasteiger partial charge is 0.225 e. The summed E-state index contributed by atoms with van der Waals surface area (Å²) in [6.45, 7) is 6.00. The first-order valence-electron chi connectivity index (χ1n) is 8.31. The van der Waals surface area contributed by atoms with Crippen molar-refractivity contribution < 1.29 is 4.79 Å². The lowest BCUT2D eigenvalue weighted by molar-refractivity contribution is -0.139. The first-order valence-corrected chi connectivity index (χ1v) is 8.31. The van der Waals surface area contributed by atoms with Crippen molar-refractivity contribution in [2.24, 2.45) is 17.6 Å². The highest BCUT2D eigenvalue weighted by molar-refractivity contribution is 5.79. The Balaban J connectivity index is 1.95. The predicted molar refractivity (Wildman–Crippen MR) is 82.4 cm³/mol. The fourth-order valence-corrected chi connectivity index (χ4v) is 3.95. The first-order chi connectivity index (χ1) is 9.61. The monoisotopic (exact) mass is 281 g/mol. The van der Waals surface area contributed by atoms with E-state index >= 15 is 0 Å². The summed E-state index contributed by atoms with van der Waals surface area (Å²) in [5.74, 6) is 1.34. The van der Waals surface area contributed by atoms with E-state index in [2.05, 4.69) is 23.8 Å². The molecule has 0 aromatic heterocycles. The number of rotatable bonds is 3. The zero-order valence-corrected chi connectivity index (χ0v) is 13.2. The van der Waals surface area contributed by atoms with Crippen molar-refractivity contribution >= 4 is 5.91 Å². The SMILES string of the molecule is CC1CN(C)CCCN1C(=O)C1CCCC(CCN)C1. The van der Waals surface area contributed by atoms with Crippen molar-refractivity contribution in [3.8, 4) is 0 Å². The van der Waals surface area contributed by atoms with Crippen LogP contribution in [0.2, 0.25) is 0 Å². The minimum atomic E-state index is 0.256. The number of amides is 1. The van der Waals surface area contributed by atoms with Crippen LogP contribution < -0.4 is 5.73 Å². The number of carbonyl (C=O) groups is 1. The molecule has 2 fully saturated rings. The molecule has 2 N–H and O–H groups in total. The van der Waals surface area contributed by atoms with Crippen LogP contribution in [0.4, 0.5) is 0 Å². The molecule has 0 aromatic rings. The third kappa shape index (κ3) is 3.95. The lowest BCUT2D eigenvalue weighted by Crippen LogP contribution is -2.45. The van der Waals surface area contributed by atoms with Crippen LogP contribution in [-0.4, -0.2) is 55.0 Å². The minimum Gasteiger partial charge on any atom is -0.338 e. The molecule has 116 valence electrons. The second kappa shape index (κ2) is 7.41. The van der Waals surface area contributed by atoms with Gasteiger partial charge >= 0.3 is 0 Å². The molecule has 0 bridgehead atoms. The van der Waals surface area contributed by atoms with Gasteiger partial charge in [0.2, 0.25) is 5.91 Å². The maximum atomic E-state index is 12.8. The minimum absolute atomic E-state index is 0.256. The Morgan fingerprint density at radius 2 is 2.05 bits per heavy atom. The van der Waals surface area contributed by atoms with Crippen molar-refractivity contribution in [1.82, 2.24) is 9.80 Å². The molecule has 0 radical (unpaired) electrons. The van der Waals surface area contributed by atoms with Crippen molar-refractivity contribution in [3.63, 3.8) is 0 Å². The van der Waals surface area contributed by atoms with E-state index in [9.17, 15) is 4.79 Å².